The lowest BCUT2D eigenvalue weighted by atomic mass is 9.88. The molecule has 0 amide bonds. The van der Waals surface area contributed by atoms with Gasteiger partial charge in [-0.2, -0.15) is 0 Å². The third-order valence-electron chi connectivity index (χ3n) is 4.57. The summed E-state index contributed by atoms with van der Waals surface area (Å²) in [6.45, 7) is 7.35. The first-order chi connectivity index (χ1) is 13.2. The van der Waals surface area contributed by atoms with Crippen LogP contribution in [0.15, 0.2) is 48.5 Å². The van der Waals surface area contributed by atoms with Crippen molar-refractivity contribution in [1.82, 2.24) is 0 Å². The third-order valence-corrected chi connectivity index (χ3v) is 4.97. The number of benzene rings is 2. The van der Waals surface area contributed by atoms with Crippen LogP contribution in [0.4, 0.5) is 5.69 Å². The zero-order chi connectivity index (χ0) is 20.5. The average Bonchev–Trinajstić information content (AvgIpc) is 2.98. The van der Waals surface area contributed by atoms with E-state index in [1.54, 1.807) is 20.8 Å². The number of anilines is 1. The zero-order valence-electron chi connectivity index (χ0n) is 16.3. The fourth-order valence-corrected chi connectivity index (χ4v) is 3.87. The Morgan fingerprint density at radius 1 is 1.07 bits per heavy atom. The first kappa shape index (κ1) is 20.4. The van der Waals surface area contributed by atoms with Crippen LogP contribution in [0, 0.1) is 6.92 Å². The van der Waals surface area contributed by atoms with Crippen molar-refractivity contribution < 1.29 is 22.1 Å². The van der Waals surface area contributed by atoms with E-state index >= 15 is 0 Å². The number of hydrogen-bond donors (Lipinski definition) is 2. The van der Waals surface area contributed by atoms with Crippen LogP contribution in [-0.2, 0) is 24.7 Å². The van der Waals surface area contributed by atoms with E-state index in [0.717, 1.165) is 16.8 Å². The van der Waals surface area contributed by atoms with Crippen LogP contribution in [0.1, 0.15) is 49.5 Å². The molecule has 7 heteroatoms. The Bertz CT molecular complexity index is 923. The molecule has 2 aromatic carbocycles. The summed E-state index contributed by atoms with van der Waals surface area (Å²) in [5, 5.41) is 3.28. The second kappa shape index (κ2) is 7.93. The maximum Gasteiger partial charge on any atom is 0.316 e. The summed E-state index contributed by atoms with van der Waals surface area (Å²) in [5.74, 6) is -1.12. The van der Waals surface area contributed by atoms with E-state index in [-0.39, 0.29) is 0 Å². The normalized spacial score (nSPS) is 19.8. The zero-order valence-corrected chi connectivity index (χ0v) is 17.2. The van der Waals surface area contributed by atoms with E-state index in [2.05, 4.69) is 5.32 Å². The van der Waals surface area contributed by atoms with Gasteiger partial charge < -0.3 is 10.1 Å². The number of ether oxygens (including phenoxy) is 1. The first-order valence-electron chi connectivity index (χ1n) is 9.12. The number of rotatable bonds is 5. The van der Waals surface area contributed by atoms with Crippen LogP contribution in [0.2, 0.25) is 0 Å². The average molecular weight is 404 g/mol. The molecule has 1 aliphatic heterocycles. The molecule has 3 atom stereocenters. The number of para-hydroxylation sites is 1. The van der Waals surface area contributed by atoms with Crippen molar-refractivity contribution in [3.8, 4) is 0 Å². The van der Waals surface area contributed by atoms with E-state index < -0.39 is 40.6 Å². The molecule has 2 aromatic rings. The number of carbonyl (C=O) groups is 1. The number of thiol groups is 1. The van der Waals surface area contributed by atoms with Gasteiger partial charge in [-0.3, -0.25) is 8.98 Å². The second-order valence-corrected chi connectivity index (χ2v) is 8.59. The van der Waals surface area contributed by atoms with E-state index in [9.17, 15) is 13.2 Å². The highest BCUT2D eigenvalue weighted by Gasteiger charge is 2.45. The molecule has 0 spiro atoms. The number of fused-ring (bicyclic) bond motifs is 1. The second-order valence-electron chi connectivity index (χ2n) is 7.93. The van der Waals surface area contributed by atoms with Crippen LogP contribution in [0.25, 0.3) is 0 Å². The van der Waals surface area contributed by atoms with Gasteiger partial charge in [0.2, 0.25) is 0 Å². The smallest absolute Gasteiger partial charge is 0.316 e. The predicted octanol–water partition coefficient (Wildman–Crippen LogP) is 3.50. The quantitative estimate of drug-likeness (QED) is 0.587. The van der Waals surface area contributed by atoms with Gasteiger partial charge >= 0.3 is 5.97 Å². The Labute approximate surface area is 167 Å². The third kappa shape index (κ3) is 4.54. The lowest BCUT2D eigenvalue weighted by Crippen LogP contribution is -2.37. The summed E-state index contributed by atoms with van der Waals surface area (Å²) >= 11 is 0. The van der Waals surface area contributed by atoms with E-state index in [1.807, 2.05) is 55.5 Å². The molecular formula is C21H25NO5S. The molecule has 3 unspecified atom stereocenters. The molecule has 6 nitrogen and oxygen atoms in total. The molecular weight excluding hydrogens is 378 g/mol. The number of carbonyl (C=O) groups excluding carboxylic acids is 1. The van der Waals surface area contributed by atoms with E-state index in [4.69, 9.17) is 8.92 Å². The van der Waals surface area contributed by atoms with Crippen molar-refractivity contribution in [3.05, 3.63) is 65.2 Å². The first-order valence-corrected chi connectivity index (χ1v) is 10.2. The van der Waals surface area contributed by atoms with Crippen LogP contribution in [-0.4, -0.2) is 26.0 Å². The summed E-state index contributed by atoms with van der Waals surface area (Å²) in [5.41, 5.74) is 2.58. The molecule has 0 aliphatic carbocycles. The van der Waals surface area contributed by atoms with Gasteiger partial charge in [0.15, 0.2) is 0 Å². The van der Waals surface area contributed by atoms with Crippen molar-refractivity contribution in [3.63, 3.8) is 0 Å². The Balaban J connectivity index is 2.04. The molecule has 1 aliphatic rings. The maximum absolute atomic E-state index is 13.0. The largest absolute Gasteiger partial charge is 0.459 e. The monoisotopic (exact) mass is 403 g/mol. The Morgan fingerprint density at radius 3 is 2.32 bits per heavy atom. The SMILES string of the molecule is Cc1ccc(C(O[SH](=O)=O)C2Nc3ccccc3C2C(=O)OC(C)(C)C)cc1. The minimum Gasteiger partial charge on any atom is -0.459 e. The van der Waals surface area contributed by atoms with Crippen molar-refractivity contribution in [1.29, 1.82) is 0 Å². The highest BCUT2D eigenvalue weighted by Crippen LogP contribution is 2.43. The lowest BCUT2D eigenvalue weighted by molar-refractivity contribution is -0.157. The van der Waals surface area contributed by atoms with Crippen molar-refractivity contribution in [2.24, 2.45) is 0 Å². The number of hydrogen-bond acceptors (Lipinski definition) is 6. The van der Waals surface area contributed by atoms with E-state index in [1.165, 1.54) is 0 Å². The molecule has 3 rings (SSSR count). The molecule has 0 radical (unpaired) electrons. The summed E-state index contributed by atoms with van der Waals surface area (Å²) in [4.78, 5) is 13.0. The summed E-state index contributed by atoms with van der Waals surface area (Å²) < 4.78 is 33.8. The molecule has 150 valence electrons. The van der Waals surface area contributed by atoms with Crippen LogP contribution >= 0.6 is 0 Å². The molecule has 0 bridgehead atoms. The van der Waals surface area contributed by atoms with Gasteiger partial charge in [-0.05, 0) is 44.9 Å². The molecule has 1 N–H and O–H groups in total. The van der Waals surface area contributed by atoms with Gasteiger partial charge in [-0.25, -0.2) is 8.42 Å². The molecule has 0 fully saturated rings. The topological polar surface area (TPSA) is 81.7 Å². The van der Waals surface area contributed by atoms with Crippen LogP contribution in [0.5, 0.6) is 0 Å². The standard InChI is InChI=1S/C21H25NO5S/c1-13-9-11-14(12-10-13)19(27-28(24)25)18-17(20(23)26-21(2,3)4)15-7-5-6-8-16(15)22-18/h5-12,17-19,22,28H,1-4H3. The van der Waals surface area contributed by atoms with Gasteiger partial charge in [0.05, 0.1) is 6.04 Å². The number of esters is 1. The van der Waals surface area contributed by atoms with Gasteiger partial charge in [-0.1, -0.05) is 48.0 Å². The molecule has 0 saturated heterocycles. The van der Waals surface area contributed by atoms with Gasteiger partial charge in [0.25, 0.3) is 11.0 Å². The molecule has 1 heterocycles. The minimum atomic E-state index is -3.12. The van der Waals surface area contributed by atoms with Gasteiger partial charge in [0.1, 0.15) is 17.6 Å². The fourth-order valence-electron chi connectivity index (χ4n) is 3.43. The van der Waals surface area contributed by atoms with Crippen molar-refractivity contribution >= 4 is 22.6 Å². The summed E-state index contributed by atoms with van der Waals surface area (Å²) in [6, 6.07) is 14.2. The van der Waals surface area contributed by atoms with Crippen LogP contribution < -0.4 is 5.32 Å². The van der Waals surface area contributed by atoms with Gasteiger partial charge in [0, 0.05) is 5.69 Å². The highest BCUT2D eigenvalue weighted by atomic mass is 32.2. The molecule has 28 heavy (non-hydrogen) atoms. The Kier molecular flexibility index (Phi) is 5.76. The highest BCUT2D eigenvalue weighted by molar-refractivity contribution is 7.67. The van der Waals surface area contributed by atoms with Crippen molar-refractivity contribution in [2.75, 3.05) is 5.32 Å². The Morgan fingerprint density at radius 2 is 1.71 bits per heavy atom. The van der Waals surface area contributed by atoms with E-state index in [0.29, 0.717) is 5.56 Å². The summed E-state index contributed by atoms with van der Waals surface area (Å²) in [7, 11) is -3.12. The summed E-state index contributed by atoms with van der Waals surface area (Å²) in [6.07, 6.45) is -0.869. The Hall–Kier alpha value is -2.38. The minimum absolute atomic E-state index is 0.420. The predicted molar refractivity (Wildman–Crippen MR) is 108 cm³/mol. The molecule has 0 saturated carbocycles. The maximum atomic E-state index is 13.0. The number of aryl methyl sites for hydroxylation is 1. The lowest BCUT2D eigenvalue weighted by Gasteiger charge is -2.29. The van der Waals surface area contributed by atoms with Gasteiger partial charge in [-0.15, -0.1) is 0 Å². The fraction of sp³-hybridized carbons (Fsp3) is 0.381. The van der Waals surface area contributed by atoms with Crippen molar-refractivity contribution in [2.45, 2.75) is 51.4 Å². The van der Waals surface area contributed by atoms with Crippen LogP contribution in [0.3, 0.4) is 0 Å². The number of nitrogens with one attached hydrogen (secondary N) is 1. The molecule has 0 aromatic heterocycles.